The van der Waals surface area contributed by atoms with Gasteiger partial charge in [0.05, 0.1) is 11.5 Å². The first-order valence-electron chi connectivity index (χ1n) is 6.71. The summed E-state index contributed by atoms with van der Waals surface area (Å²) in [4.78, 5) is 23.5. The fraction of sp³-hybridized carbons (Fsp3) is 0.125. The first kappa shape index (κ1) is 17.7. The van der Waals surface area contributed by atoms with Crippen LogP contribution in [0.5, 0.6) is 0 Å². The van der Waals surface area contributed by atoms with Crippen molar-refractivity contribution in [2.24, 2.45) is 0 Å². The Morgan fingerprint density at radius 2 is 1.09 bits per heavy atom. The van der Waals surface area contributed by atoms with Crippen molar-refractivity contribution in [3.63, 3.8) is 0 Å². The van der Waals surface area contributed by atoms with E-state index in [-0.39, 0.29) is 23.3 Å². The number of halogens is 2. The van der Waals surface area contributed by atoms with Crippen LogP contribution >= 0.6 is 35.0 Å². The summed E-state index contributed by atoms with van der Waals surface area (Å²) in [6.45, 7) is 0. The number of carbonyl (C=O) groups is 2. The van der Waals surface area contributed by atoms with Gasteiger partial charge in [-0.15, -0.1) is 11.8 Å². The van der Waals surface area contributed by atoms with Crippen LogP contribution in [0, 0.1) is 0 Å². The third kappa shape index (κ3) is 6.52. The smallest absolute Gasteiger partial charge is 0.234 e. The molecule has 120 valence electrons. The maximum atomic E-state index is 11.8. The summed E-state index contributed by atoms with van der Waals surface area (Å²) < 4.78 is 0. The van der Waals surface area contributed by atoms with Crippen molar-refractivity contribution in [1.29, 1.82) is 0 Å². The molecular weight excluding hydrogens is 355 g/mol. The molecule has 0 radical (unpaired) electrons. The van der Waals surface area contributed by atoms with Crippen LogP contribution in [0.25, 0.3) is 0 Å². The van der Waals surface area contributed by atoms with E-state index in [4.69, 9.17) is 23.2 Å². The van der Waals surface area contributed by atoms with Gasteiger partial charge in [0.2, 0.25) is 11.8 Å². The van der Waals surface area contributed by atoms with Crippen LogP contribution in [0.3, 0.4) is 0 Å². The van der Waals surface area contributed by atoms with Gasteiger partial charge >= 0.3 is 0 Å². The molecule has 2 aromatic carbocycles. The number of nitrogens with one attached hydrogen (secondary N) is 2. The van der Waals surface area contributed by atoms with Crippen molar-refractivity contribution in [2.75, 3.05) is 22.1 Å². The molecular formula is C16H14Cl2N2O2S. The second-order valence-electron chi connectivity index (χ2n) is 4.60. The summed E-state index contributed by atoms with van der Waals surface area (Å²) in [7, 11) is 0. The van der Waals surface area contributed by atoms with E-state index < -0.39 is 0 Å². The summed E-state index contributed by atoms with van der Waals surface area (Å²) in [5.74, 6) is 0.0427. The molecule has 0 heterocycles. The highest BCUT2D eigenvalue weighted by atomic mass is 35.5. The predicted molar refractivity (Wildman–Crippen MR) is 97.5 cm³/mol. The Labute approximate surface area is 148 Å². The van der Waals surface area contributed by atoms with E-state index in [2.05, 4.69) is 10.6 Å². The quantitative estimate of drug-likeness (QED) is 0.798. The molecule has 0 saturated heterocycles. The third-order valence-electron chi connectivity index (χ3n) is 2.72. The minimum Gasteiger partial charge on any atom is -0.325 e. The number of thioether (sulfide) groups is 1. The van der Waals surface area contributed by atoms with Crippen LogP contribution in [0.4, 0.5) is 11.4 Å². The maximum Gasteiger partial charge on any atom is 0.234 e. The van der Waals surface area contributed by atoms with Gasteiger partial charge < -0.3 is 10.6 Å². The molecule has 2 rings (SSSR count). The van der Waals surface area contributed by atoms with Crippen LogP contribution < -0.4 is 10.6 Å². The van der Waals surface area contributed by atoms with E-state index in [1.165, 1.54) is 11.8 Å². The zero-order chi connectivity index (χ0) is 16.7. The lowest BCUT2D eigenvalue weighted by atomic mass is 10.3. The Kier molecular flexibility index (Phi) is 6.77. The van der Waals surface area contributed by atoms with E-state index in [1.807, 2.05) is 0 Å². The molecule has 7 heteroatoms. The Morgan fingerprint density at radius 1 is 0.739 bits per heavy atom. The van der Waals surface area contributed by atoms with Crippen LogP contribution in [-0.2, 0) is 9.59 Å². The van der Waals surface area contributed by atoms with Crippen molar-refractivity contribution < 1.29 is 9.59 Å². The molecule has 23 heavy (non-hydrogen) atoms. The molecule has 0 unspecified atom stereocenters. The van der Waals surface area contributed by atoms with Gasteiger partial charge in [-0.3, -0.25) is 9.59 Å². The average molecular weight is 369 g/mol. The van der Waals surface area contributed by atoms with Gasteiger partial charge in [-0.1, -0.05) is 23.2 Å². The van der Waals surface area contributed by atoms with Crippen molar-refractivity contribution in [3.8, 4) is 0 Å². The highest BCUT2D eigenvalue weighted by Gasteiger charge is 2.06. The summed E-state index contributed by atoms with van der Waals surface area (Å²) in [5.41, 5.74) is 1.34. The fourth-order valence-corrected chi connectivity index (χ4v) is 2.57. The Balaban J connectivity index is 1.69. The van der Waals surface area contributed by atoms with Crippen molar-refractivity contribution >= 4 is 58.2 Å². The lowest BCUT2D eigenvalue weighted by molar-refractivity contribution is -0.114. The van der Waals surface area contributed by atoms with Gasteiger partial charge in [0.15, 0.2) is 0 Å². The molecule has 0 aliphatic carbocycles. The second-order valence-corrected chi connectivity index (χ2v) is 6.46. The van der Waals surface area contributed by atoms with Gasteiger partial charge in [0, 0.05) is 21.4 Å². The Hall–Kier alpha value is -1.69. The molecule has 2 aromatic rings. The molecule has 0 spiro atoms. The first-order valence-corrected chi connectivity index (χ1v) is 8.62. The number of benzene rings is 2. The number of rotatable bonds is 6. The van der Waals surface area contributed by atoms with Gasteiger partial charge in [0.25, 0.3) is 0 Å². The third-order valence-corrected chi connectivity index (χ3v) is 4.16. The molecule has 0 aliphatic rings. The zero-order valence-corrected chi connectivity index (χ0v) is 14.3. The van der Waals surface area contributed by atoms with Crippen molar-refractivity contribution in [1.82, 2.24) is 0 Å². The van der Waals surface area contributed by atoms with E-state index in [0.717, 1.165) is 0 Å². The largest absolute Gasteiger partial charge is 0.325 e. The number of hydrogen-bond donors (Lipinski definition) is 2. The van der Waals surface area contributed by atoms with Crippen LogP contribution in [0.2, 0.25) is 10.0 Å². The summed E-state index contributed by atoms with van der Waals surface area (Å²) in [6, 6.07) is 13.7. The minimum atomic E-state index is -0.170. The maximum absolute atomic E-state index is 11.8. The van der Waals surface area contributed by atoms with Gasteiger partial charge in [-0.05, 0) is 48.5 Å². The van der Waals surface area contributed by atoms with E-state index in [0.29, 0.717) is 21.4 Å². The molecule has 0 saturated carbocycles. The van der Waals surface area contributed by atoms with Crippen molar-refractivity contribution in [2.45, 2.75) is 0 Å². The van der Waals surface area contributed by atoms with Crippen molar-refractivity contribution in [3.05, 3.63) is 58.6 Å². The summed E-state index contributed by atoms with van der Waals surface area (Å²) in [5, 5.41) is 6.68. The van der Waals surface area contributed by atoms with Crippen LogP contribution in [-0.4, -0.2) is 23.3 Å². The standard InChI is InChI=1S/C16H14Cl2N2O2S/c17-11-1-5-13(6-2-11)19-15(21)9-23-10-16(22)20-14-7-3-12(18)4-8-14/h1-8H,9-10H2,(H,19,21)(H,20,22). The number of anilines is 2. The number of carbonyl (C=O) groups excluding carboxylic acids is 2. The normalized spacial score (nSPS) is 10.2. The van der Waals surface area contributed by atoms with Crippen LogP contribution in [0.15, 0.2) is 48.5 Å². The van der Waals surface area contributed by atoms with Crippen LogP contribution in [0.1, 0.15) is 0 Å². The highest BCUT2D eigenvalue weighted by Crippen LogP contribution is 2.15. The Bertz CT molecular complexity index is 616. The topological polar surface area (TPSA) is 58.2 Å². The molecule has 0 aliphatic heterocycles. The molecule has 0 fully saturated rings. The fourth-order valence-electron chi connectivity index (χ4n) is 1.70. The lowest BCUT2D eigenvalue weighted by Crippen LogP contribution is -2.18. The monoisotopic (exact) mass is 368 g/mol. The van der Waals surface area contributed by atoms with E-state index in [1.54, 1.807) is 48.5 Å². The first-order chi connectivity index (χ1) is 11.0. The predicted octanol–water partition coefficient (Wildman–Crippen LogP) is 4.30. The van der Waals surface area contributed by atoms with Gasteiger partial charge in [-0.25, -0.2) is 0 Å². The average Bonchev–Trinajstić information content (AvgIpc) is 2.52. The molecule has 0 aromatic heterocycles. The molecule has 0 bridgehead atoms. The number of amides is 2. The van der Waals surface area contributed by atoms with E-state index >= 15 is 0 Å². The summed E-state index contributed by atoms with van der Waals surface area (Å²) in [6.07, 6.45) is 0. The molecule has 2 N–H and O–H groups in total. The SMILES string of the molecule is O=C(CSCC(=O)Nc1ccc(Cl)cc1)Nc1ccc(Cl)cc1. The van der Waals surface area contributed by atoms with Gasteiger partial charge in [0.1, 0.15) is 0 Å². The Morgan fingerprint density at radius 3 is 1.43 bits per heavy atom. The molecule has 2 amide bonds. The molecule has 4 nitrogen and oxygen atoms in total. The second kappa shape index (κ2) is 8.82. The lowest BCUT2D eigenvalue weighted by Gasteiger charge is -2.06. The van der Waals surface area contributed by atoms with E-state index in [9.17, 15) is 9.59 Å². The summed E-state index contributed by atoms with van der Waals surface area (Å²) >= 11 is 12.8. The van der Waals surface area contributed by atoms with Gasteiger partial charge in [-0.2, -0.15) is 0 Å². The zero-order valence-electron chi connectivity index (χ0n) is 12.0. The number of hydrogen-bond acceptors (Lipinski definition) is 3. The molecule has 0 atom stereocenters. The minimum absolute atomic E-state index is 0.170. The highest BCUT2D eigenvalue weighted by molar-refractivity contribution is 8.00.